The van der Waals surface area contributed by atoms with Crippen LogP contribution in [0, 0.1) is 0 Å². The van der Waals surface area contributed by atoms with Crippen LogP contribution in [0.25, 0.3) is 0 Å². The molecule has 1 unspecified atom stereocenters. The molecule has 9 heteroatoms. The van der Waals surface area contributed by atoms with E-state index in [2.05, 4.69) is 10.6 Å². The molecule has 18 heavy (non-hydrogen) atoms. The molecule has 0 aliphatic rings. The smallest absolute Gasteiger partial charge is 0.327 e. The van der Waals surface area contributed by atoms with E-state index in [9.17, 15) is 19.2 Å². The largest absolute Gasteiger partial charge is 0.480 e. The van der Waals surface area contributed by atoms with Crippen LogP contribution in [0.5, 0.6) is 0 Å². The zero-order chi connectivity index (χ0) is 14.1. The Hall–Kier alpha value is -1.77. The molecule has 0 saturated heterocycles. The zero-order valence-electron chi connectivity index (χ0n) is 9.98. The van der Waals surface area contributed by atoms with Gasteiger partial charge in [-0.05, 0) is 0 Å². The van der Waals surface area contributed by atoms with Crippen molar-refractivity contribution in [3.05, 3.63) is 0 Å². The molecule has 0 radical (unpaired) electrons. The lowest BCUT2D eigenvalue weighted by molar-refractivity contribution is -0.140. The molecule has 0 saturated carbocycles. The van der Waals surface area contributed by atoms with E-state index in [0.29, 0.717) is 0 Å². The molecular weight excluding hydrogens is 262 g/mol. The monoisotopic (exact) mass is 277 g/mol. The van der Waals surface area contributed by atoms with Crippen molar-refractivity contribution in [2.45, 2.75) is 13.0 Å². The Kier molecular flexibility index (Phi) is 7.52. The molecule has 4 amide bonds. The van der Waals surface area contributed by atoms with Gasteiger partial charge < -0.3 is 15.7 Å². The summed E-state index contributed by atoms with van der Waals surface area (Å²) in [6.45, 7) is 1.21. The number of aliphatic carboxylic acids is 1. The summed E-state index contributed by atoms with van der Waals surface area (Å²) in [5.41, 5.74) is 0. The van der Waals surface area contributed by atoms with Crippen molar-refractivity contribution in [1.29, 1.82) is 0 Å². The summed E-state index contributed by atoms with van der Waals surface area (Å²) in [7, 11) is 1.37. The van der Waals surface area contributed by atoms with Crippen LogP contribution in [-0.2, 0) is 14.4 Å². The van der Waals surface area contributed by atoms with E-state index in [-0.39, 0.29) is 11.5 Å². The summed E-state index contributed by atoms with van der Waals surface area (Å²) in [6, 6.07) is -1.68. The van der Waals surface area contributed by atoms with Crippen LogP contribution in [0.2, 0.25) is 0 Å². The number of carboxylic acid groups (broad SMARTS) is 1. The molecule has 0 bridgehead atoms. The summed E-state index contributed by atoms with van der Waals surface area (Å²) in [5, 5.41) is 15.2. The van der Waals surface area contributed by atoms with Crippen molar-refractivity contribution in [2.75, 3.05) is 18.6 Å². The van der Waals surface area contributed by atoms with Gasteiger partial charge in [0.05, 0.1) is 5.75 Å². The Labute approximate surface area is 108 Å². The number of rotatable bonds is 6. The van der Waals surface area contributed by atoms with Gasteiger partial charge in [0.15, 0.2) is 0 Å². The molecule has 0 aromatic rings. The van der Waals surface area contributed by atoms with Crippen molar-refractivity contribution < 1.29 is 24.3 Å². The van der Waals surface area contributed by atoms with Crippen LogP contribution in [-0.4, -0.2) is 53.5 Å². The molecule has 0 rings (SSSR count). The first-order valence-corrected chi connectivity index (χ1v) is 6.11. The maximum atomic E-state index is 11.2. The Morgan fingerprint density at radius 1 is 1.28 bits per heavy atom. The van der Waals surface area contributed by atoms with Crippen LogP contribution in [0.15, 0.2) is 0 Å². The highest BCUT2D eigenvalue weighted by Gasteiger charge is 2.18. The molecule has 0 aliphatic heterocycles. The van der Waals surface area contributed by atoms with E-state index in [1.54, 1.807) is 0 Å². The van der Waals surface area contributed by atoms with E-state index in [1.807, 2.05) is 5.32 Å². The number of imide groups is 1. The predicted octanol–water partition coefficient (Wildman–Crippen LogP) is -1.24. The minimum atomic E-state index is -1.18. The summed E-state index contributed by atoms with van der Waals surface area (Å²) in [6.07, 6.45) is 0. The van der Waals surface area contributed by atoms with E-state index < -0.39 is 29.9 Å². The number of carbonyl (C=O) groups is 4. The number of nitrogens with one attached hydrogen (secondary N) is 3. The average molecular weight is 277 g/mol. The number of carbonyl (C=O) groups excluding carboxylic acids is 3. The van der Waals surface area contributed by atoms with Crippen molar-refractivity contribution >= 4 is 35.6 Å². The molecule has 0 spiro atoms. The van der Waals surface area contributed by atoms with Gasteiger partial charge in [0.25, 0.3) is 0 Å². The fourth-order valence-corrected chi connectivity index (χ4v) is 1.75. The standard InChI is InChI=1S/C9H15N3O5S/c1-5(13)11-6(8(15)16)3-18-4-7(14)12-9(17)10-2/h6H,3-4H2,1-2H3,(H,11,13)(H,15,16)(H2,10,12,14,17). The highest BCUT2D eigenvalue weighted by atomic mass is 32.2. The highest BCUT2D eigenvalue weighted by Crippen LogP contribution is 2.03. The van der Waals surface area contributed by atoms with Crippen LogP contribution < -0.4 is 16.0 Å². The van der Waals surface area contributed by atoms with Gasteiger partial charge in [-0.25, -0.2) is 9.59 Å². The van der Waals surface area contributed by atoms with Gasteiger partial charge in [0, 0.05) is 19.7 Å². The van der Waals surface area contributed by atoms with E-state index in [4.69, 9.17) is 5.11 Å². The number of thioether (sulfide) groups is 1. The van der Waals surface area contributed by atoms with Crippen molar-refractivity contribution in [1.82, 2.24) is 16.0 Å². The first-order chi connectivity index (χ1) is 8.36. The third-order valence-corrected chi connectivity index (χ3v) is 2.71. The van der Waals surface area contributed by atoms with E-state index in [0.717, 1.165) is 11.8 Å². The lowest BCUT2D eigenvalue weighted by Gasteiger charge is -2.12. The van der Waals surface area contributed by atoms with Gasteiger partial charge in [0.1, 0.15) is 6.04 Å². The molecule has 0 heterocycles. The van der Waals surface area contributed by atoms with Gasteiger partial charge in [-0.2, -0.15) is 0 Å². The van der Waals surface area contributed by atoms with Crippen molar-refractivity contribution in [3.8, 4) is 0 Å². The van der Waals surface area contributed by atoms with Crippen molar-refractivity contribution in [2.24, 2.45) is 0 Å². The Bertz CT molecular complexity index is 347. The number of carboxylic acids is 1. The second-order valence-electron chi connectivity index (χ2n) is 3.23. The normalized spacial score (nSPS) is 11.2. The predicted molar refractivity (Wildman–Crippen MR) is 65.2 cm³/mol. The summed E-state index contributed by atoms with van der Waals surface area (Å²) in [4.78, 5) is 43.4. The van der Waals surface area contributed by atoms with Gasteiger partial charge in [-0.15, -0.1) is 11.8 Å². The molecule has 0 fully saturated rings. The fourth-order valence-electron chi connectivity index (χ4n) is 0.915. The van der Waals surface area contributed by atoms with Crippen LogP contribution in [0.4, 0.5) is 4.79 Å². The first-order valence-electron chi connectivity index (χ1n) is 4.96. The highest BCUT2D eigenvalue weighted by molar-refractivity contribution is 8.00. The molecule has 0 aromatic carbocycles. The van der Waals surface area contributed by atoms with Gasteiger partial charge in [0.2, 0.25) is 11.8 Å². The molecule has 8 nitrogen and oxygen atoms in total. The Morgan fingerprint density at radius 3 is 2.33 bits per heavy atom. The number of urea groups is 1. The molecule has 0 aliphatic carbocycles. The van der Waals surface area contributed by atoms with Crippen molar-refractivity contribution in [3.63, 3.8) is 0 Å². The lowest BCUT2D eigenvalue weighted by Crippen LogP contribution is -2.42. The van der Waals surface area contributed by atoms with Gasteiger partial charge >= 0.3 is 12.0 Å². The minimum Gasteiger partial charge on any atom is -0.480 e. The summed E-state index contributed by atoms with van der Waals surface area (Å²) >= 11 is 1.00. The van der Waals surface area contributed by atoms with Crippen LogP contribution >= 0.6 is 11.8 Å². The SMILES string of the molecule is CNC(=O)NC(=O)CSCC(NC(C)=O)C(=O)O. The third kappa shape index (κ3) is 7.49. The number of hydrogen-bond donors (Lipinski definition) is 4. The molecule has 4 N–H and O–H groups in total. The Morgan fingerprint density at radius 2 is 1.89 bits per heavy atom. The molecule has 1 atom stereocenters. The quantitative estimate of drug-likeness (QED) is 0.481. The minimum absolute atomic E-state index is 0.0378. The van der Waals surface area contributed by atoms with E-state index >= 15 is 0 Å². The van der Waals surface area contributed by atoms with Gasteiger partial charge in [-0.3, -0.25) is 14.9 Å². The van der Waals surface area contributed by atoms with Crippen LogP contribution in [0.3, 0.4) is 0 Å². The second-order valence-corrected chi connectivity index (χ2v) is 4.26. The number of hydrogen-bond acceptors (Lipinski definition) is 5. The lowest BCUT2D eigenvalue weighted by atomic mass is 10.3. The first kappa shape index (κ1) is 16.2. The maximum Gasteiger partial charge on any atom is 0.327 e. The molecule has 102 valence electrons. The van der Waals surface area contributed by atoms with Crippen LogP contribution in [0.1, 0.15) is 6.92 Å². The molecular formula is C9H15N3O5S. The summed E-state index contributed by atoms with van der Waals surface area (Å²) < 4.78 is 0. The zero-order valence-corrected chi connectivity index (χ0v) is 10.8. The fraction of sp³-hybridized carbons (Fsp3) is 0.556. The third-order valence-electron chi connectivity index (χ3n) is 1.67. The molecule has 0 aromatic heterocycles. The Balaban J connectivity index is 3.99. The second kappa shape index (κ2) is 8.34. The summed E-state index contributed by atoms with van der Waals surface area (Å²) in [5.74, 6) is -2.21. The average Bonchev–Trinajstić information content (AvgIpc) is 2.26. The topological polar surface area (TPSA) is 125 Å². The van der Waals surface area contributed by atoms with Gasteiger partial charge in [-0.1, -0.05) is 0 Å². The number of amides is 4. The van der Waals surface area contributed by atoms with E-state index in [1.165, 1.54) is 14.0 Å². The maximum absolute atomic E-state index is 11.2.